The lowest BCUT2D eigenvalue weighted by molar-refractivity contribution is -0.154. The van der Waals surface area contributed by atoms with E-state index in [1.807, 2.05) is 0 Å². The first-order chi connectivity index (χ1) is 16.1. The van der Waals surface area contributed by atoms with Gasteiger partial charge in [-0.3, -0.25) is 19.5 Å². The number of aromatic nitrogens is 3. The van der Waals surface area contributed by atoms with E-state index in [4.69, 9.17) is 10.8 Å². The van der Waals surface area contributed by atoms with Gasteiger partial charge in [0, 0.05) is 32.1 Å². The van der Waals surface area contributed by atoms with Crippen molar-refractivity contribution in [2.24, 2.45) is 0 Å². The molecule has 33 heavy (non-hydrogen) atoms. The molecule has 2 aromatic heterocycles. The molecule has 3 N–H and O–H groups in total. The highest BCUT2D eigenvalue weighted by atomic mass is 16.6. The first-order valence-electron chi connectivity index (χ1n) is 10.9. The Bertz CT molecular complexity index is 1220. The van der Waals surface area contributed by atoms with E-state index in [0.29, 0.717) is 16.5 Å². The summed E-state index contributed by atoms with van der Waals surface area (Å²) in [4.78, 5) is 40.9. The first-order valence-corrected chi connectivity index (χ1v) is 10.2. The zero-order valence-electron chi connectivity index (χ0n) is 19.9. The Morgan fingerprint density at radius 1 is 1.15 bits per heavy atom. The number of H-pyrrole nitrogens is 1. The fourth-order valence-electron chi connectivity index (χ4n) is 3.16. The lowest BCUT2D eigenvalue weighted by atomic mass is 10.0. The Morgan fingerprint density at radius 2 is 1.94 bits per heavy atom. The second-order valence-electron chi connectivity index (χ2n) is 8.21. The second-order valence-corrected chi connectivity index (χ2v) is 8.21. The van der Waals surface area contributed by atoms with Crippen molar-refractivity contribution in [3.8, 4) is 17.0 Å². The molecule has 0 spiro atoms. The number of nitrogens with one attached hydrogen (secondary N) is 3. The Hall–Kier alpha value is -3.95. The molecule has 174 valence electrons. The average Bonchev–Trinajstić information content (AvgIpc) is 3.21. The fourth-order valence-corrected chi connectivity index (χ4v) is 3.16. The van der Waals surface area contributed by atoms with Crippen molar-refractivity contribution in [1.29, 1.82) is 0 Å². The van der Waals surface area contributed by atoms with Crippen molar-refractivity contribution < 1.29 is 25.2 Å². The molecule has 0 saturated carbocycles. The van der Waals surface area contributed by atoms with Gasteiger partial charge in [0.1, 0.15) is 11.2 Å². The summed E-state index contributed by atoms with van der Waals surface area (Å²) in [6.45, 7) is 5.43. The van der Waals surface area contributed by atoms with Crippen molar-refractivity contribution in [3.63, 3.8) is 0 Å². The van der Waals surface area contributed by atoms with Crippen molar-refractivity contribution in [1.82, 2.24) is 25.8 Å². The molecule has 3 aromatic rings. The van der Waals surface area contributed by atoms with Gasteiger partial charge in [-0.25, -0.2) is 4.98 Å². The number of esters is 1. The largest absolute Gasteiger partial charge is 0.480 e. The van der Waals surface area contributed by atoms with Gasteiger partial charge in [-0.2, -0.15) is 5.10 Å². The molecule has 0 saturated heterocycles. The molecular formula is C23H27N5O5. The van der Waals surface area contributed by atoms with Crippen molar-refractivity contribution >= 4 is 28.7 Å². The molecule has 10 heteroatoms. The van der Waals surface area contributed by atoms with Gasteiger partial charge in [0.15, 0.2) is 5.69 Å². The number of aromatic amines is 1. The highest BCUT2D eigenvalue weighted by molar-refractivity contribution is 6.05. The van der Waals surface area contributed by atoms with E-state index in [-0.39, 0.29) is 37.1 Å². The smallest absolute Gasteiger partial charge is 0.308 e. The zero-order chi connectivity index (χ0) is 24.9. The van der Waals surface area contributed by atoms with Crippen LogP contribution in [0.3, 0.4) is 0 Å². The molecule has 3 rings (SSSR count). The summed E-state index contributed by atoms with van der Waals surface area (Å²) < 4.78 is 17.6. The van der Waals surface area contributed by atoms with E-state index in [1.165, 1.54) is 7.11 Å². The van der Waals surface area contributed by atoms with Gasteiger partial charge in [0.25, 0.3) is 11.8 Å². The summed E-state index contributed by atoms with van der Waals surface area (Å²) in [6, 6.07) is 6.94. The number of hydrogen-bond donors (Lipinski definition) is 3. The number of carbonyl (C=O) groups is 3. The number of rotatable bonds is 7. The van der Waals surface area contributed by atoms with Crippen molar-refractivity contribution in [2.75, 3.05) is 20.7 Å². The maximum atomic E-state index is 12.8. The molecule has 0 bridgehead atoms. The Morgan fingerprint density at radius 3 is 2.64 bits per heavy atom. The number of methoxy groups -OCH3 is 1. The number of fused-ring (bicyclic) bond motifs is 1. The molecule has 0 aliphatic rings. The molecule has 10 nitrogen and oxygen atoms in total. The van der Waals surface area contributed by atoms with Gasteiger partial charge in [-0.1, -0.05) is 6.07 Å². The van der Waals surface area contributed by atoms with Gasteiger partial charge in [-0.15, -0.1) is 0 Å². The third-order valence-corrected chi connectivity index (χ3v) is 4.60. The zero-order valence-corrected chi connectivity index (χ0v) is 18.9. The van der Waals surface area contributed by atoms with Crippen LogP contribution in [0, 0.1) is 0 Å². The van der Waals surface area contributed by atoms with Gasteiger partial charge in [0.2, 0.25) is 5.88 Å². The lowest BCUT2D eigenvalue weighted by Crippen LogP contribution is -2.30. The highest BCUT2D eigenvalue weighted by Gasteiger charge is 2.19. The first kappa shape index (κ1) is 22.3. The number of nitrogens with zero attached hydrogens (tertiary/aromatic N) is 2. The molecule has 0 unspecified atom stereocenters. The van der Waals surface area contributed by atoms with Crippen molar-refractivity contribution in [2.45, 2.75) is 32.8 Å². The van der Waals surface area contributed by atoms with Crippen LogP contribution in [0.5, 0.6) is 5.88 Å². The predicted octanol–water partition coefficient (Wildman–Crippen LogP) is 2.45. The van der Waals surface area contributed by atoms with Crippen LogP contribution in [0.2, 0.25) is 0 Å². The van der Waals surface area contributed by atoms with Gasteiger partial charge >= 0.3 is 5.97 Å². The van der Waals surface area contributed by atoms with E-state index in [2.05, 4.69) is 25.8 Å². The maximum absolute atomic E-state index is 12.8. The van der Waals surface area contributed by atoms with Gasteiger partial charge in [0.05, 0.1) is 19.0 Å². The monoisotopic (exact) mass is 454 g/mol. The molecule has 0 aliphatic carbocycles. The summed E-state index contributed by atoms with van der Waals surface area (Å²) in [5.74, 6) is -1.14. The number of hydrogen-bond acceptors (Lipinski definition) is 7. The number of pyridine rings is 1. The van der Waals surface area contributed by atoms with Crippen LogP contribution in [-0.2, 0) is 9.53 Å². The minimum atomic E-state index is -0.593. The molecular weight excluding hydrogens is 426 g/mol. The minimum absolute atomic E-state index is 0.0328. The number of benzene rings is 1. The summed E-state index contributed by atoms with van der Waals surface area (Å²) in [7, 11) is 1.17. The SMILES string of the molecule is [2H]CNC(=O)c1n[nH]c2cc(-c3cnc(OC)c(C(=O)NCCC(=O)OC(C)(C)C)c3)ccc12. The van der Waals surface area contributed by atoms with Crippen LogP contribution < -0.4 is 15.4 Å². The molecule has 0 atom stereocenters. The summed E-state index contributed by atoms with van der Waals surface area (Å²) in [5.41, 5.74) is 1.82. The minimum Gasteiger partial charge on any atom is -0.480 e. The molecule has 2 heterocycles. The van der Waals surface area contributed by atoms with Crippen LogP contribution >= 0.6 is 0 Å². The Kier molecular flexibility index (Phi) is 6.53. The van der Waals surface area contributed by atoms with Gasteiger partial charge < -0.3 is 20.1 Å². The van der Waals surface area contributed by atoms with Crippen molar-refractivity contribution in [3.05, 3.63) is 41.7 Å². The maximum Gasteiger partial charge on any atom is 0.308 e. The standard InChI is InChI=1S/C23H27N5O5/c1-23(2,3)33-18(29)8-9-25-20(30)16-10-14(12-26-22(16)32-5)13-6-7-15-17(11-13)27-28-19(15)21(31)24-4/h6-7,10-12H,8-9H2,1-5H3,(H,24,31)(H,25,30)(H,27,28)/i4D. The number of amides is 2. The molecule has 0 radical (unpaired) electrons. The normalized spacial score (nSPS) is 11.6. The van der Waals surface area contributed by atoms with Gasteiger partial charge in [-0.05, 0) is 44.5 Å². The molecule has 1 aromatic carbocycles. The lowest BCUT2D eigenvalue weighted by Gasteiger charge is -2.19. The Balaban J connectivity index is 1.79. The molecule has 0 aliphatic heterocycles. The van der Waals surface area contributed by atoms with E-state index in [9.17, 15) is 14.4 Å². The third-order valence-electron chi connectivity index (χ3n) is 4.60. The number of carbonyl (C=O) groups excluding carboxylic acids is 3. The average molecular weight is 455 g/mol. The molecule has 2 amide bonds. The fraction of sp³-hybridized carbons (Fsp3) is 0.348. The quantitative estimate of drug-likeness (QED) is 0.467. The summed E-state index contributed by atoms with van der Waals surface area (Å²) in [5, 5.41) is 12.5. The van der Waals surface area contributed by atoms with Crippen LogP contribution in [0.1, 0.15) is 49.4 Å². The van der Waals surface area contributed by atoms with E-state index >= 15 is 0 Å². The summed E-state index contributed by atoms with van der Waals surface area (Å²) in [6.07, 6.45) is 1.60. The second kappa shape index (κ2) is 9.68. The van der Waals surface area contributed by atoms with E-state index in [0.717, 1.165) is 5.56 Å². The van der Waals surface area contributed by atoms with Crippen LogP contribution in [0.4, 0.5) is 0 Å². The summed E-state index contributed by atoms with van der Waals surface area (Å²) >= 11 is 0. The molecule has 0 fully saturated rings. The Labute approximate surface area is 192 Å². The predicted molar refractivity (Wildman–Crippen MR) is 122 cm³/mol. The van der Waals surface area contributed by atoms with Crippen LogP contribution in [0.25, 0.3) is 22.0 Å². The highest BCUT2D eigenvalue weighted by Crippen LogP contribution is 2.28. The third kappa shape index (κ3) is 5.65. The van der Waals surface area contributed by atoms with E-state index in [1.54, 1.807) is 51.2 Å². The van der Waals surface area contributed by atoms with Crippen LogP contribution in [0.15, 0.2) is 30.5 Å². The topological polar surface area (TPSA) is 135 Å². The van der Waals surface area contributed by atoms with Crippen LogP contribution in [-0.4, -0.2) is 59.2 Å². The van der Waals surface area contributed by atoms with E-state index < -0.39 is 23.4 Å². The number of ether oxygens (including phenoxy) is 2.